The van der Waals surface area contributed by atoms with Crippen molar-refractivity contribution in [1.82, 2.24) is 24.8 Å². The van der Waals surface area contributed by atoms with Gasteiger partial charge in [0.25, 0.3) is 5.91 Å². The Bertz CT molecular complexity index is 1960. The summed E-state index contributed by atoms with van der Waals surface area (Å²) in [6.45, 7) is 9.87. The second-order valence-corrected chi connectivity index (χ2v) is 13.0. The highest BCUT2D eigenvalue weighted by Gasteiger charge is 2.28. The van der Waals surface area contributed by atoms with Crippen molar-refractivity contribution in [1.29, 1.82) is 0 Å². The van der Waals surface area contributed by atoms with Gasteiger partial charge in [0.15, 0.2) is 0 Å². The maximum absolute atomic E-state index is 13.8. The van der Waals surface area contributed by atoms with Gasteiger partial charge >= 0.3 is 5.97 Å². The highest BCUT2D eigenvalue weighted by Crippen LogP contribution is 2.37. The Morgan fingerprint density at radius 1 is 0.957 bits per heavy atom. The Kier molecular flexibility index (Phi) is 8.34. The van der Waals surface area contributed by atoms with E-state index in [0.29, 0.717) is 18.5 Å². The molecule has 9 nitrogen and oxygen atoms in total. The van der Waals surface area contributed by atoms with Crippen molar-refractivity contribution < 1.29 is 14.7 Å². The summed E-state index contributed by atoms with van der Waals surface area (Å²) in [4.78, 5) is 44.5. The molecule has 0 aliphatic carbocycles. The van der Waals surface area contributed by atoms with E-state index >= 15 is 0 Å². The summed E-state index contributed by atoms with van der Waals surface area (Å²) in [7, 11) is 2.18. The number of H-pyrrole nitrogens is 1. The summed E-state index contributed by atoms with van der Waals surface area (Å²) in [5.74, 6) is -0.984. The van der Waals surface area contributed by atoms with Crippen LogP contribution in [0.1, 0.15) is 51.9 Å². The Balaban J connectivity index is 1.14. The number of amides is 1. The van der Waals surface area contributed by atoms with Crippen molar-refractivity contribution in [3.8, 4) is 22.5 Å². The average Bonchev–Trinajstić information content (AvgIpc) is 3.51. The highest BCUT2D eigenvalue weighted by molar-refractivity contribution is 6.09. The molecule has 7 rings (SSSR count). The molecule has 1 saturated heterocycles. The number of nitrogens with one attached hydrogen (secondary N) is 1. The van der Waals surface area contributed by atoms with Gasteiger partial charge in [0.2, 0.25) is 0 Å². The second kappa shape index (κ2) is 12.7. The highest BCUT2D eigenvalue weighted by atomic mass is 16.4. The first kappa shape index (κ1) is 30.8. The minimum absolute atomic E-state index is 0.0447. The van der Waals surface area contributed by atoms with E-state index in [1.54, 1.807) is 6.33 Å². The molecule has 2 aliphatic rings. The predicted molar refractivity (Wildman–Crippen MR) is 185 cm³/mol. The van der Waals surface area contributed by atoms with Crippen molar-refractivity contribution in [2.24, 2.45) is 0 Å². The molecule has 5 aromatic rings. The van der Waals surface area contributed by atoms with Crippen LogP contribution in [0.2, 0.25) is 0 Å². The van der Waals surface area contributed by atoms with Gasteiger partial charge in [0, 0.05) is 67.2 Å². The van der Waals surface area contributed by atoms with Crippen molar-refractivity contribution in [3.63, 3.8) is 0 Å². The summed E-state index contributed by atoms with van der Waals surface area (Å²) >= 11 is 0. The number of rotatable bonds is 8. The molecule has 47 heavy (non-hydrogen) atoms. The molecule has 240 valence electrons. The molecule has 0 saturated carbocycles. The second-order valence-electron chi connectivity index (χ2n) is 13.0. The number of aromatic nitrogens is 3. The van der Waals surface area contributed by atoms with Crippen LogP contribution in [0.15, 0.2) is 73.1 Å². The number of carboxylic acid groups (broad SMARTS) is 1. The minimum atomic E-state index is -0.824. The number of nitrogens with zero attached hydrogens (tertiary/aromatic N) is 5. The number of aliphatic carboxylic acids is 1. The number of benzene rings is 3. The molecule has 2 aromatic heterocycles. The number of carbonyl (C=O) groups is 2. The quantitative estimate of drug-likeness (QED) is 0.213. The Hall–Kier alpha value is -4.86. The molecule has 2 N–H and O–H groups in total. The summed E-state index contributed by atoms with van der Waals surface area (Å²) in [5.41, 5.74) is 10.4. The maximum atomic E-state index is 13.8. The van der Waals surface area contributed by atoms with E-state index in [9.17, 15) is 14.7 Å². The zero-order chi connectivity index (χ0) is 32.7. The lowest BCUT2D eigenvalue weighted by atomic mass is 9.90. The van der Waals surface area contributed by atoms with Gasteiger partial charge in [-0.3, -0.25) is 14.5 Å². The summed E-state index contributed by atoms with van der Waals surface area (Å²) < 4.78 is 0. The van der Waals surface area contributed by atoms with E-state index in [1.807, 2.05) is 49.1 Å². The number of fused-ring (bicyclic) bond motifs is 2. The van der Waals surface area contributed by atoms with E-state index in [1.165, 1.54) is 5.56 Å². The molecule has 1 atom stereocenters. The van der Waals surface area contributed by atoms with Crippen LogP contribution in [0.4, 0.5) is 5.69 Å². The van der Waals surface area contributed by atoms with Crippen LogP contribution < -0.4 is 4.90 Å². The summed E-state index contributed by atoms with van der Waals surface area (Å²) in [5, 5.41) is 10.2. The number of carboxylic acids is 1. The van der Waals surface area contributed by atoms with Crippen LogP contribution in [0.3, 0.4) is 0 Å². The Labute approximate surface area is 274 Å². The normalized spacial score (nSPS) is 16.4. The van der Waals surface area contributed by atoms with Crippen LogP contribution >= 0.6 is 0 Å². The summed E-state index contributed by atoms with van der Waals surface area (Å²) in [6.07, 6.45) is 2.35. The van der Waals surface area contributed by atoms with Gasteiger partial charge < -0.3 is 19.9 Å². The SMILES string of the molecule is Cc1c(-c2ncnc3[nH]c(-c4ccc(CN5CCN(C)CC5)cc4)cc23)cccc1N1CCc2cc(C(C)CC(=O)O)ccc2C1=O. The fraction of sp³-hybridized carbons (Fsp3) is 0.316. The number of hydrogen-bond donors (Lipinski definition) is 2. The van der Waals surface area contributed by atoms with Gasteiger partial charge in [-0.25, -0.2) is 9.97 Å². The molecule has 1 amide bonds. The van der Waals surface area contributed by atoms with Crippen LogP contribution in [-0.2, 0) is 17.8 Å². The lowest BCUT2D eigenvalue weighted by Gasteiger charge is -2.32. The number of likely N-dealkylation sites (N-methyl/N-ethyl adjacent to an activating group) is 1. The number of aromatic amines is 1. The standard InChI is InChI=1S/C38H40N6O3/c1-24(19-35(45)46)28-11-12-31-29(20-28)13-14-44(38(31)47)34-6-4-5-30(25(34)2)36-32-21-33(41-37(32)40-23-39-36)27-9-7-26(8-10-27)22-43-17-15-42(3)16-18-43/h4-12,20-21,23-24H,13-19,22H2,1-3H3,(H,45,46)(H,39,40,41). The molecular formula is C38H40N6O3. The fourth-order valence-electron chi connectivity index (χ4n) is 6.96. The van der Waals surface area contributed by atoms with Gasteiger partial charge in [-0.1, -0.05) is 55.5 Å². The molecule has 4 heterocycles. The smallest absolute Gasteiger partial charge is 0.303 e. The van der Waals surface area contributed by atoms with E-state index < -0.39 is 5.97 Å². The average molecular weight is 629 g/mol. The third kappa shape index (κ3) is 6.16. The Morgan fingerprint density at radius 3 is 2.51 bits per heavy atom. The maximum Gasteiger partial charge on any atom is 0.303 e. The summed E-state index contributed by atoms with van der Waals surface area (Å²) in [6, 6.07) is 22.7. The molecule has 2 aliphatic heterocycles. The molecule has 1 unspecified atom stereocenters. The molecule has 0 spiro atoms. The van der Waals surface area contributed by atoms with E-state index in [0.717, 1.165) is 88.6 Å². The first-order valence-electron chi connectivity index (χ1n) is 16.4. The van der Waals surface area contributed by atoms with E-state index in [2.05, 4.69) is 63.2 Å². The molecule has 1 fully saturated rings. The fourth-order valence-corrected chi connectivity index (χ4v) is 6.96. The predicted octanol–water partition coefficient (Wildman–Crippen LogP) is 6.13. The molecular weight excluding hydrogens is 588 g/mol. The van der Waals surface area contributed by atoms with Gasteiger partial charge in [-0.2, -0.15) is 0 Å². The first-order chi connectivity index (χ1) is 22.7. The monoisotopic (exact) mass is 628 g/mol. The van der Waals surface area contributed by atoms with Crippen LogP contribution in [0.25, 0.3) is 33.5 Å². The lowest BCUT2D eigenvalue weighted by Crippen LogP contribution is -2.43. The number of piperazine rings is 1. The van der Waals surface area contributed by atoms with E-state index in [-0.39, 0.29) is 18.2 Å². The minimum Gasteiger partial charge on any atom is -0.481 e. The molecule has 0 radical (unpaired) electrons. The van der Waals surface area contributed by atoms with Gasteiger partial charge in [0.1, 0.15) is 12.0 Å². The largest absolute Gasteiger partial charge is 0.481 e. The zero-order valence-electron chi connectivity index (χ0n) is 27.2. The van der Waals surface area contributed by atoms with Gasteiger partial charge in [-0.15, -0.1) is 0 Å². The first-order valence-corrected chi connectivity index (χ1v) is 16.4. The van der Waals surface area contributed by atoms with Crippen LogP contribution in [-0.4, -0.2) is 81.5 Å². The lowest BCUT2D eigenvalue weighted by molar-refractivity contribution is -0.137. The topological polar surface area (TPSA) is 106 Å². The van der Waals surface area contributed by atoms with E-state index in [4.69, 9.17) is 4.98 Å². The van der Waals surface area contributed by atoms with Crippen LogP contribution in [0, 0.1) is 6.92 Å². The van der Waals surface area contributed by atoms with Crippen molar-refractivity contribution >= 4 is 28.6 Å². The molecule has 9 heteroatoms. The Morgan fingerprint density at radius 2 is 1.74 bits per heavy atom. The van der Waals surface area contributed by atoms with Gasteiger partial charge in [0.05, 0.1) is 12.1 Å². The third-order valence-electron chi connectivity index (χ3n) is 9.80. The molecule has 3 aromatic carbocycles. The van der Waals surface area contributed by atoms with Crippen molar-refractivity contribution in [2.45, 2.75) is 39.2 Å². The third-order valence-corrected chi connectivity index (χ3v) is 9.80. The zero-order valence-corrected chi connectivity index (χ0v) is 27.2. The molecule has 0 bridgehead atoms. The number of hydrogen-bond acceptors (Lipinski definition) is 6. The van der Waals surface area contributed by atoms with Crippen molar-refractivity contribution in [3.05, 3.63) is 101 Å². The number of carbonyl (C=O) groups excluding carboxylic acids is 1. The van der Waals surface area contributed by atoms with Gasteiger partial charge in [-0.05, 0) is 72.3 Å². The number of anilines is 1. The van der Waals surface area contributed by atoms with Crippen LogP contribution in [0.5, 0.6) is 0 Å². The van der Waals surface area contributed by atoms with Crippen molar-refractivity contribution in [2.75, 3.05) is 44.7 Å².